The molecule has 0 aliphatic heterocycles. The zero-order valence-corrected chi connectivity index (χ0v) is 19.0. The van der Waals surface area contributed by atoms with Crippen molar-refractivity contribution in [1.82, 2.24) is 15.3 Å². The van der Waals surface area contributed by atoms with Gasteiger partial charge in [-0.05, 0) is 37.1 Å². The summed E-state index contributed by atoms with van der Waals surface area (Å²) in [7, 11) is 0. The lowest BCUT2D eigenvalue weighted by atomic mass is 10.1. The molecule has 0 bridgehead atoms. The molecule has 0 spiro atoms. The summed E-state index contributed by atoms with van der Waals surface area (Å²) in [6.45, 7) is 5.49. The van der Waals surface area contributed by atoms with Crippen LogP contribution >= 0.6 is 0 Å². The number of ether oxygens (including phenoxy) is 1. The van der Waals surface area contributed by atoms with E-state index in [9.17, 15) is 22.8 Å². The third-order valence-electron chi connectivity index (χ3n) is 4.64. The molecule has 35 heavy (non-hydrogen) atoms. The zero-order chi connectivity index (χ0) is 25.4. The summed E-state index contributed by atoms with van der Waals surface area (Å²) in [5.41, 5.74) is 2.41. The van der Waals surface area contributed by atoms with Crippen molar-refractivity contribution >= 4 is 17.7 Å². The molecule has 4 N–H and O–H groups in total. The molecule has 0 saturated carbocycles. The molecule has 2 aromatic carbocycles. The number of halogens is 3. The minimum Gasteiger partial charge on any atom is -0.404 e. The Hall–Kier alpha value is -4.12. The maximum atomic E-state index is 12.5. The molecule has 184 valence electrons. The van der Waals surface area contributed by atoms with E-state index >= 15 is 0 Å². The van der Waals surface area contributed by atoms with E-state index < -0.39 is 23.7 Å². The number of allylic oxidation sites excluding steroid dienone is 1. The van der Waals surface area contributed by atoms with E-state index in [2.05, 4.69) is 36.7 Å². The molecule has 1 heterocycles. The predicted octanol–water partition coefficient (Wildman–Crippen LogP) is 5.04. The van der Waals surface area contributed by atoms with Crippen molar-refractivity contribution in [2.24, 2.45) is 0 Å². The number of aromatic amines is 1. The summed E-state index contributed by atoms with van der Waals surface area (Å²) in [4.78, 5) is 31.2. The van der Waals surface area contributed by atoms with Crippen LogP contribution in [0.1, 0.15) is 19.4 Å². The summed E-state index contributed by atoms with van der Waals surface area (Å²) in [5, 5.41) is 7.81. The van der Waals surface area contributed by atoms with E-state index in [-0.39, 0.29) is 11.6 Å². The van der Waals surface area contributed by atoms with E-state index in [1.54, 1.807) is 12.1 Å². The standard InChI is InChI=1S/C24H24F3N5O3/c1-15(2)11-12-28-13-16-7-9-17(10-8-16)18-14-29-22(31-21(18)33)32-23(34)30-19-5-3-4-6-20(19)35-24(25,26)27/h3-11,14,28H,12-13H2,1-2H3,(H3,29,30,31,32,33,34). The second-order valence-electron chi connectivity index (χ2n) is 7.70. The minimum atomic E-state index is -4.92. The van der Waals surface area contributed by atoms with Crippen molar-refractivity contribution < 1.29 is 22.7 Å². The number of carbonyl (C=O) groups excluding carboxylic acids is 1. The zero-order valence-electron chi connectivity index (χ0n) is 19.0. The van der Waals surface area contributed by atoms with Crippen LogP contribution in [0.4, 0.5) is 29.6 Å². The van der Waals surface area contributed by atoms with Crippen molar-refractivity contribution in [3.05, 3.63) is 82.3 Å². The Morgan fingerprint density at radius 1 is 1.09 bits per heavy atom. The molecule has 0 aliphatic rings. The maximum absolute atomic E-state index is 12.5. The first-order chi connectivity index (χ1) is 16.6. The normalized spacial score (nSPS) is 11.0. The smallest absolute Gasteiger partial charge is 0.404 e. The highest BCUT2D eigenvalue weighted by molar-refractivity contribution is 5.99. The summed E-state index contributed by atoms with van der Waals surface area (Å²) < 4.78 is 41.5. The Balaban J connectivity index is 1.63. The third-order valence-corrected chi connectivity index (χ3v) is 4.64. The topological polar surface area (TPSA) is 108 Å². The Morgan fingerprint density at radius 2 is 1.80 bits per heavy atom. The molecule has 2 amide bonds. The number of aromatic nitrogens is 2. The van der Waals surface area contributed by atoms with Crippen molar-refractivity contribution in [1.29, 1.82) is 0 Å². The van der Waals surface area contributed by atoms with E-state index in [0.717, 1.165) is 18.2 Å². The van der Waals surface area contributed by atoms with Crippen LogP contribution < -0.4 is 26.2 Å². The lowest BCUT2D eigenvalue weighted by Gasteiger charge is -2.14. The van der Waals surface area contributed by atoms with Gasteiger partial charge in [0.25, 0.3) is 5.56 Å². The number of benzene rings is 2. The Morgan fingerprint density at radius 3 is 2.46 bits per heavy atom. The van der Waals surface area contributed by atoms with Gasteiger partial charge in [-0.2, -0.15) is 4.98 Å². The monoisotopic (exact) mass is 487 g/mol. The van der Waals surface area contributed by atoms with Crippen LogP contribution in [0.5, 0.6) is 5.75 Å². The lowest BCUT2D eigenvalue weighted by molar-refractivity contribution is -0.274. The van der Waals surface area contributed by atoms with Crippen LogP contribution in [0.15, 0.2) is 71.2 Å². The summed E-state index contributed by atoms with van der Waals surface area (Å²) in [6.07, 6.45) is -1.44. The van der Waals surface area contributed by atoms with Crippen LogP contribution in [0, 0.1) is 0 Å². The fourth-order valence-corrected chi connectivity index (χ4v) is 3.01. The Kier molecular flexibility index (Phi) is 8.26. The van der Waals surface area contributed by atoms with Crippen molar-refractivity contribution in [3.63, 3.8) is 0 Å². The van der Waals surface area contributed by atoms with Gasteiger partial charge in [-0.25, -0.2) is 4.79 Å². The number of nitrogens with one attached hydrogen (secondary N) is 4. The molecule has 3 rings (SSSR count). The molecule has 0 aliphatic carbocycles. The average Bonchev–Trinajstić information content (AvgIpc) is 2.78. The number of carbonyl (C=O) groups is 1. The third kappa shape index (κ3) is 8.00. The average molecular weight is 487 g/mol. The number of H-pyrrole nitrogens is 1. The van der Waals surface area contributed by atoms with E-state index in [1.165, 1.54) is 30.0 Å². The number of nitrogens with zero attached hydrogens (tertiary/aromatic N) is 1. The highest BCUT2D eigenvalue weighted by Gasteiger charge is 2.32. The Labute approximate surface area is 199 Å². The fraction of sp³-hybridized carbons (Fsp3) is 0.208. The van der Waals surface area contributed by atoms with Gasteiger partial charge in [0, 0.05) is 19.3 Å². The first kappa shape index (κ1) is 25.5. The maximum Gasteiger partial charge on any atom is 0.573 e. The fourth-order valence-electron chi connectivity index (χ4n) is 3.01. The summed E-state index contributed by atoms with van der Waals surface area (Å²) in [5.74, 6) is -0.756. The number of para-hydroxylation sites is 2. The second-order valence-corrected chi connectivity index (χ2v) is 7.70. The number of hydrogen-bond acceptors (Lipinski definition) is 5. The first-order valence-corrected chi connectivity index (χ1v) is 10.6. The van der Waals surface area contributed by atoms with E-state index in [4.69, 9.17) is 0 Å². The van der Waals surface area contributed by atoms with Gasteiger partial charge in [-0.1, -0.05) is 48.0 Å². The quantitative estimate of drug-likeness (QED) is 0.263. The van der Waals surface area contributed by atoms with Gasteiger partial charge in [-0.3, -0.25) is 10.1 Å². The van der Waals surface area contributed by atoms with E-state index in [1.807, 2.05) is 26.0 Å². The molecule has 0 fully saturated rings. The summed E-state index contributed by atoms with van der Waals surface area (Å²) >= 11 is 0. The molecule has 1 aromatic heterocycles. The largest absolute Gasteiger partial charge is 0.573 e. The van der Waals surface area contributed by atoms with Gasteiger partial charge in [0.05, 0.1) is 11.3 Å². The molecule has 8 nitrogen and oxygen atoms in total. The number of rotatable bonds is 8. The summed E-state index contributed by atoms with van der Waals surface area (Å²) in [6, 6.07) is 11.5. The van der Waals surface area contributed by atoms with Gasteiger partial charge in [0.2, 0.25) is 5.95 Å². The van der Waals surface area contributed by atoms with Gasteiger partial charge in [-0.15, -0.1) is 13.2 Å². The van der Waals surface area contributed by atoms with E-state index in [0.29, 0.717) is 17.7 Å². The van der Waals surface area contributed by atoms with Crippen LogP contribution in [-0.4, -0.2) is 28.9 Å². The Bertz CT molecular complexity index is 1250. The van der Waals surface area contributed by atoms with Crippen molar-refractivity contribution in [2.75, 3.05) is 17.2 Å². The van der Waals surface area contributed by atoms with Gasteiger partial charge in [0.1, 0.15) is 0 Å². The van der Waals surface area contributed by atoms with Crippen molar-refractivity contribution in [3.8, 4) is 16.9 Å². The predicted molar refractivity (Wildman–Crippen MR) is 127 cm³/mol. The van der Waals surface area contributed by atoms with Crippen LogP contribution in [-0.2, 0) is 6.54 Å². The van der Waals surface area contributed by atoms with Gasteiger partial charge in [0.15, 0.2) is 5.75 Å². The lowest BCUT2D eigenvalue weighted by Crippen LogP contribution is -2.24. The number of anilines is 2. The molecule has 0 unspecified atom stereocenters. The molecule has 0 radical (unpaired) electrons. The number of alkyl halides is 3. The van der Waals surface area contributed by atoms with Gasteiger partial charge >= 0.3 is 12.4 Å². The number of amides is 2. The molecule has 11 heteroatoms. The van der Waals surface area contributed by atoms with Gasteiger partial charge < -0.3 is 20.4 Å². The van der Waals surface area contributed by atoms with Crippen LogP contribution in [0.25, 0.3) is 11.1 Å². The minimum absolute atomic E-state index is 0.175. The molecule has 0 atom stereocenters. The van der Waals surface area contributed by atoms with Crippen molar-refractivity contribution in [2.45, 2.75) is 26.8 Å². The van der Waals surface area contributed by atoms with Crippen LogP contribution in [0.3, 0.4) is 0 Å². The molecule has 3 aromatic rings. The number of urea groups is 1. The SMILES string of the molecule is CC(C)=CCNCc1ccc(-c2c[nH]c(NC(=O)Nc3ccccc3OC(F)(F)F)nc2=O)cc1. The highest BCUT2D eigenvalue weighted by atomic mass is 19.4. The van der Waals surface area contributed by atoms with Crippen LogP contribution in [0.2, 0.25) is 0 Å². The molecule has 0 saturated heterocycles. The highest BCUT2D eigenvalue weighted by Crippen LogP contribution is 2.29. The first-order valence-electron chi connectivity index (χ1n) is 10.6. The number of hydrogen-bond donors (Lipinski definition) is 4. The molecular formula is C24H24F3N5O3. The molecular weight excluding hydrogens is 463 g/mol. The second kappa shape index (κ2) is 11.3.